The van der Waals surface area contributed by atoms with Crippen LogP contribution < -0.4 is 5.32 Å². The second kappa shape index (κ2) is 6.11. The van der Waals surface area contributed by atoms with Crippen LogP contribution in [0.4, 0.5) is 0 Å². The molecule has 3 rings (SSSR count). The third-order valence-electron chi connectivity index (χ3n) is 5.41. The van der Waals surface area contributed by atoms with Crippen LogP contribution >= 0.6 is 0 Å². The summed E-state index contributed by atoms with van der Waals surface area (Å²) < 4.78 is 0. The fraction of sp³-hybridized carbons (Fsp3) is 0.556. The van der Waals surface area contributed by atoms with Crippen LogP contribution in [0.5, 0.6) is 0 Å². The Kier molecular flexibility index (Phi) is 4.19. The lowest BCUT2D eigenvalue weighted by Gasteiger charge is -2.30. The number of rotatable bonds is 3. The summed E-state index contributed by atoms with van der Waals surface area (Å²) in [6.45, 7) is 1.54. The first-order valence-corrected chi connectivity index (χ1v) is 8.18. The molecule has 2 fully saturated rings. The molecule has 0 bridgehead atoms. The van der Waals surface area contributed by atoms with Crippen molar-refractivity contribution >= 4 is 11.8 Å². The number of nitrogens with zero attached hydrogens (tertiary/aromatic N) is 1. The van der Waals surface area contributed by atoms with Gasteiger partial charge in [0.2, 0.25) is 11.8 Å². The maximum absolute atomic E-state index is 12.5. The molecule has 2 amide bonds. The highest BCUT2D eigenvalue weighted by atomic mass is 16.2. The van der Waals surface area contributed by atoms with E-state index in [0.29, 0.717) is 6.42 Å². The first-order chi connectivity index (χ1) is 10.6. The fourth-order valence-corrected chi connectivity index (χ4v) is 4.20. The molecule has 0 unspecified atom stereocenters. The van der Waals surface area contributed by atoms with E-state index < -0.39 is 0 Å². The van der Waals surface area contributed by atoms with Crippen molar-refractivity contribution in [3.05, 3.63) is 35.9 Å². The van der Waals surface area contributed by atoms with Crippen molar-refractivity contribution in [2.24, 2.45) is 11.3 Å². The lowest BCUT2D eigenvalue weighted by atomic mass is 9.76. The van der Waals surface area contributed by atoms with Crippen LogP contribution in [0.1, 0.15) is 31.2 Å². The first kappa shape index (κ1) is 15.1. The minimum Gasteiger partial charge on any atom is -0.359 e. The van der Waals surface area contributed by atoms with E-state index in [-0.39, 0.29) is 23.1 Å². The van der Waals surface area contributed by atoms with Gasteiger partial charge in [0.25, 0.3) is 0 Å². The monoisotopic (exact) mass is 300 g/mol. The van der Waals surface area contributed by atoms with Crippen LogP contribution in [0.3, 0.4) is 0 Å². The van der Waals surface area contributed by atoms with E-state index in [1.54, 1.807) is 7.05 Å². The van der Waals surface area contributed by atoms with Gasteiger partial charge in [-0.1, -0.05) is 36.8 Å². The first-order valence-electron chi connectivity index (χ1n) is 8.18. The Morgan fingerprint density at radius 3 is 2.77 bits per heavy atom. The largest absolute Gasteiger partial charge is 0.359 e. The van der Waals surface area contributed by atoms with E-state index in [1.807, 2.05) is 35.2 Å². The number of hydrogen-bond donors (Lipinski definition) is 1. The van der Waals surface area contributed by atoms with E-state index in [1.165, 1.54) is 0 Å². The van der Waals surface area contributed by atoms with Crippen LogP contribution in [0.25, 0.3) is 0 Å². The smallest absolute Gasteiger partial charge is 0.227 e. The van der Waals surface area contributed by atoms with Gasteiger partial charge in [0.1, 0.15) is 0 Å². The molecule has 118 valence electrons. The molecule has 1 N–H and O–H groups in total. The number of nitrogens with one attached hydrogen (secondary N) is 1. The minimum atomic E-state index is 0.0203. The topological polar surface area (TPSA) is 49.4 Å². The summed E-state index contributed by atoms with van der Waals surface area (Å²) in [7, 11) is 1.71. The van der Waals surface area contributed by atoms with E-state index >= 15 is 0 Å². The van der Waals surface area contributed by atoms with E-state index in [4.69, 9.17) is 0 Å². The van der Waals surface area contributed by atoms with Crippen molar-refractivity contribution in [3.63, 3.8) is 0 Å². The lowest BCUT2D eigenvalue weighted by Crippen LogP contribution is -2.40. The molecule has 1 aromatic carbocycles. The Morgan fingerprint density at radius 2 is 2.05 bits per heavy atom. The number of benzene rings is 1. The summed E-state index contributed by atoms with van der Waals surface area (Å²) >= 11 is 0. The van der Waals surface area contributed by atoms with Crippen molar-refractivity contribution in [1.82, 2.24) is 10.2 Å². The second-order valence-electron chi connectivity index (χ2n) is 6.65. The molecule has 1 aromatic rings. The van der Waals surface area contributed by atoms with Crippen LogP contribution in [-0.2, 0) is 16.0 Å². The van der Waals surface area contributed by atoms with Gasteiger partial charge in [-0.3, -0.25) is 9.59 Å². The summed E-state index contributed by atoms with van der Waals surface area (Å²) in [6.07, 6.45) is 4.55. The van der Waals surface area contributed by atoms with Crippen molar-refractivity contribution in [2.75, 3.05) is 20.1 Å². The molecule has 22 heavy (non-hydrogen) atoms. The molecule has 0 radical (unpaired) electrons. The summed E-state index contributed by atoms with van der Waals surface area (Å²) in [4.78, 5) is 26.6. The highest BCUT2D eigenvalue weighted by molar-refractivity contribution is 5.81. The predicted octanol–water partition coefficient (Wildman–Crippen LogP) is 1.99. The van der Waals surface area contributed by atoms with Gasteiger partial charge < -0.3 is 10.2 Å². The summed E-state index contributed by atoms with van der Waals surface area (Å²) in [6, 6.07) is 9.88. The molecule has 1 saturated heterocycles. The quantitative estimate of drug-likeness (QED) is 0.928. The Morgan fingerprint density at radius 1 is 1.27 bits per heavy atom. The molecular formula is C18H24N2O2. The molecule has 1 spiro atoms. The Hall–Kier alpha value is -1.84. The standard InChI is InChI=1S/C18H24N2O2/c1-19-17(22)15-8-5-9-18(15)10-11-20(13-18)16(21)12-14-6-3-2-4-7-14/h2-4,6-7,15H,5,8-13H2,1H3,(H,19,22)/t15-,18+/m1/s1. The lowest BCUT2D eigenvalue weighted by molar-refractivity contribution is -0.132. The zero-order valence-electron chi connectivity index (χ0n) is 13.2. The van der Waals surface area contributed by atoms with Crippen LogP contribution in [-0.4, -0.2) is 36.9 Å². The number of carbonyl (C=O) groups is 2. The summed E-state index contributed by atoms with van der Waals surface area (Å²) in [5.74, 6) is 0.410. The highest BCUT2D eigenvalue weighted by Crippen LogP contribution is 2.49. The summed E-state index contributed by atoms with van der Waals surface area (Å²) in [5, 5.41) is 2.80. The number of amides is 2. The molecule has 0 aromatic heterocycles. The van der Waals surface area contributed by atoms with Gasteiger partial charge in [-0.05, 0) is 24.8 Å². The van der Waals surface area contributed by atoms with Gasteiger partial charge in [-0.25, -0.2) is 0 Å². The zero-order valence-corrected chi connectivity index (χ0v) is 13.2. The van der Waals surface area contributed by atoms with Gasteiger partial charge in [-0.15, -0.1) is 0 Å². The number of likely N-dealkylation sites (tertiary alicyclic amines) is 1. The van der Waals surface area contributed by atoms with Gasteiger partial charge in [0, 0.05) is 31.5 Å². The predicted molar refractivity (Wildman–Crippen MR) is 85.2 cm³/mol. The third-order valence-corrected chi connectivity index (χ3v) is 5.41. The Bertz CT molecular complexity index is 557. The second-order valence-corrected chi connectivity index (χ2v) is 6.65. The number of carbonyl (C=O) groups excluding carboxylic acids is 2. The highest BCUT2D eigenvalue weighted by Gasteiger charge is 2.50. The van der Waals surface area contributed by atoms with Crippen molar-refractivity contribution < 1.29 is 9.59 Å². The van der Waals surface area contributed by atoms with E-state index in [0.717, 1.165) is 44.3 Å². The van der Waals surface area contributed by atoms with Crippen LogP contribution in [0.15, 0.2) is 30.3 Å². The van der Waals surface area contributed by atoms with Gasteiger partial charge >= 0.3 is 0 Å². The van der Waals surface area contributed by atoms with Gasteiger partial charge in [-0.2, -0.15) is 0 Å². The molecule has 2 atom stereocenters. The normalized spacial score (nSPS) is 27.3. The SMILES string of the molecule is CNC(=O)[C@H]1CCC[C@@]12CCN(C(=O)Cc1ccccc1)C2. The molecule has 1 aliphatic carbocycles. The molecule has 1 saturated carbocycles. The Labute approximate surface area is 131 Å². The van der Waals surface area contributed by atoms with E-state index in [9.17, 15) is 9.59 Å². The van der Waals surface area contributed by atoms with Crippen molar-refractivity contribution in [3.8, 4) is 0 Å². The summed E-state index contributed by atoms with van der Waals surface area (Å²) in [5.41, 5.74) is 1.08. The molecule has 4 heteroatoms. The fourth-order valence-electron chi connectivity index (χ4n) is 4.20. The minimum absolute atomic E-state index is 0.0203. The van der Waals surface area contributed by atoms with Crippen LogP contribution in [0, 0.1) is 11.3 Å². The average Bonchev–Trinajstić information content (AvgIpc) is 3.15. The van der Waals surface area contributed by atoms with Crippen molar-refractivity contribution in [2.45, 2.75) is 32.1 Å². The molecule has 4 nitrogen and oxygen atoms in total. The maximum atomic E-state index is 12.5. The van der Waals surface area contributed by atoms with Gasteiger partial charge in [0.15, 0.2) is 0 Å². The molecular weight excluding hydrogens is 276 g/mol. The maximum Gasteiger partial charge on any atom is 0.227 e. The average molecular weight is 300 g/mol. The molecule has 2 aliphatic rings. The van der Waals surface area contributed by atoms with Gasteiger partial charge in [0.05, 0.1) is 6.42 Å². The Balaban J connectivity index is 1.66. The molecule has 1 heterocycles. The molecule has 1 aliphatic heterocycles. The number of hydrogen-bond acceptors (Lipinski definition) is 2. The third kappa shape index (κ3) is 2.74. The zero-order chi connectivity index (χ0) is 15.6. The van der Waals surface area contributed by atoms with Crippen LogP contribution in [0.2, 0.25) is 0 Å². The van der Waals surface area contributed by atoms with E-state index in [2.05, 4.69) is 5.32 Å². The van der Waals surface area contributed by atoms with Crippen molar-refractivity contribution in [1.29, 1.82) is 0 Å².